The Morgan fingerprint density at radius 1 is 0.822 bits per heavy atom. The number of carbonyl (C=O) groups is 3. The molecule has 0 saturated carbocycles. The van der Waals surface area contributed by atoms with Gasteiger partial charge in [0.15, 0.2) is 0 Å². The monoisotopic (exact) mass is 719 g/mol. The number of rotatable bonds is 10. The lowest BCUT2D eigenvalue weighted by Crippen LogP contribution is -2.30. The third-order valence-electron chi connectivity index (χ3n) is 6.26. The van der Waals surface area contributed by atoms with Crippen molar-refractivity contribution in [2.24, 2.45) is 0 Å². The highest BCUT2D eigenvalue weighted by Crippen LogP contribution is 2.27. The Kier molecular flexibility index (Phi) is 10.8. The number of halogens is 3. The minimum Gasteiger partial charge on any atom is -0.457 e. The predicted molar refractivity (Wildman–Crippen MR) is 185 cm³/mol. The zero-order valence-corrected chi connectivity index (χ0v) is 27.3. The molecule has 0 unspecified atom stereocenters. The molecule has 7 nitrogen and oxygen atoms in total. The molecule has 1 aromatic heterocycles. The number of hydrogen-bond donors (Lipinski definition) is 3. The molecule has 0 aliphatic rings. The molecule has 0 aliphatic heterocycles. The lowest BCUT2D eigenvalue weighted by molar-refractivity contribution is -0.114. The third kappa shape index (κ3) is 9.12. The van der Waals surface area contributed by atoms with E-state index in [2.05, 4.69) is 31.9 Å². The quantitative estimate of drug-likeness (QED) is 0.0987. The van der Waals surface area contributed by atoms with Crippen molar-refractivity contribution in [3.05, 3.63) is 141 Å². The molecule has 0 atom stereocenters. The third-order valence-corrected chi connectivity index (χ3v) is 8.35. The molecule has 0 radical (unpaired) electrons. The number of furan rings is 1. The standard InChI is InChI=1S/C34H24BrCl2N3O4S/c35-23-8-6-21(7-9-23)31-17-13-26(44-31)19-30(40-33(42)22-4-2-1-3-5-22)34(43)38-25-11-14-27(15-12-25)45-20-32(41)39-29-16-10-24(36)18-28(29)37/h1-19H,20H2,(H,38,43)(H,39,41)(H,40,42). The first-order chi connectivity index (χ1) is 21.7. The minimum atomic E-state index is -0.541. The molecule has 0 aliphatic carbocycles. The summed E-state index contributed by atoms with van der Waals surface area (Å²) in [6.45, 7) is 0. The van der Waals surface area contributed by atoms with E-state index in [0.717, 1.165) is 14.9 Å². The second-order valence-corrected chi connectivity index (χ2v) is 12.3. The Hall–Kier alpha value is -4.28. The van der Waals surface area contributed by atoms with Gasteiger partial charge in [0.1, 0.15) is 17.2 Å². The smallest absolute Gasteiger partial charge is 0.272 e. The summed E-state index contributed by atoms with van der Waals surface area (Å²) >= 11 is 16.8. The van der Waals surface area contributed by atoms with Crippen LogP contribution in [0.2, 0.25) is 10.0 Å². The molecule has 11 heteroatoms. The summed E-state index contributed by atoms with van der Waals surface area (Å²) in [6.07, 6.45) is 1.48. The van der Waals surface area contributed by atoms with E-state index < -0.39 is 11.8 Å². The summed E-state index contributed by atoms with van der Waals surface area (Å²) in [4.78, 5) is 39.6. The summed E-state index contributed by atoms with van der Waals surface area (Å²) in [5.74, 6) is -0.0693. The van der Waals surface area contributed by atoms with Crippen molar-refractivity contribution in [3.8, 4) is 11.3 Å². The highest BCUT2D eigenvalue weighted by molar-refractivity contribution is 9.10. The van der Waals surface area contributed by atoms with E-state index in [-0.39, 0.29) is 17.4 Å². The van der Waals surface area contributed by atoms with E-state index in [1.54, 1.807) is 84.9 Å². The van der Waals surface area contributed by atoms with Crippen LogP contribution in [0.25, 0.3) is 17.4 Å². The second-order valence-electron chi connectivity index (χ2n) is 9.53. The van der Waals surface area contributed by atoms with Crippen molar-refractivity contribution in [1.82, 2.24) is 5.32 Å². The van der Waals surface area contributed by atoms with Crippen LogP contribution in [0.1, 0.15) is 16.1 Å². The highest BCUT2D eigenvalue weighted by atomic mass is 79.9. The molecule has 45 heavy (non-hydrogen) atoms. The largest absolute Gasteiger partial charge is 0.457 e. The average molecular weight is 721 g/mol. The minimum absolute atomic E-state index is 0.00320. The molecule has 3 amide bonds. The van der Waals surface area contributed by atoms with Crippen molar-refractivity contribution in [3.63, 3.8) is 0 Å². The predicted octanol–water partition coefficient (Wildman–Crippen LogP) is 9.16. The fourth-order valence-electron chi connectivity index (χ4n) is 4.04. The molecule has 5 aromatic rings. The molecule has 4 aromatic carbocycles. The topological polar surface area (TPSA) is 100 Å². The normalized spacial score (nSPS) is 11.1. The maximum absolute atomic E-state index is 13.4. The van der Waals surface area contributed by atoms with E-state index in [1.165, 1.54) is 17.8 Å². The number of thioether (sulfide) groups is 1. The van der Waals surface area contributed by atoms with Crippen molar-refractivity contribution < 1.29 is 18.8 Å². The maximum atomic E-state index is 13.4. The van der Waals surface area contributed by atoms with Gasteiger partial charge in [0, 0.05) is 37.3 Å². The van der Waals surface area contributed by atoms with Gasteiger partial charge in [-0.25, -0.2) is 0 Å². The van der Waals surface area contributed by atoms with E-state index in [0.29, 0.717) is 38.5 Å². The fourth-order valence-corrected chi connectivity index (χ4v) is 5.46. The Morgan fingerprint density at radius 2 is 1.56 bits per heavy atom. The van der Waals surface area contributed by atoms with Crippen molar-refractivity contribution in [2.75, 3.05) is 16.4 Å². The van der Waals surface area contributed by atoms with Crippen molar-refractivity contribution in [2.45, 2.75) is 4.90 Å². The van der Waals surface area contributed by atoms with Crippen LogP contribution in [0.15, 0.2) is 129 Å². The zero-order chi connectivity index (χ0) is 31.8. The summed E-state index contributed by atoms with van der Waals surface area (Å²) in [6, 6.07) is 31.6. The van der Waals surface area contributed by atoms with Gasteiger partial charge in [-0.15, -0.1) is 11.8 Å². The molecule has 0 spiro atoms. The lowest BCUT2D eigenvalue weighted by Gasteiger charge is -2.11. The Balaban J connectivity index is 1.26. The number of benzene rings is 4. The highest BCUT2D eigenvalue weighted by Gasteiger charge is 2.17. The van der Waals surface area contributed by atoms with Crippen LogP contribution in [0, 0.1) is 0 Å². The molecule has 5 rings (SSSR count). The van der Waals surface area contributed by atoms with Gasteiger partial charge in [-0.1, -0.05) is 69.5 Å². The molecule has 0 saturated heterocycles. The summed E-state index contributed by atoms with van der Waals surface area (Å²) in [5.41, 5.74) is 2.23. The van der Waals surface area contributed by atoms with E-state index >= 15 is 0 Å². The first-order valence-corrected chi connectivity index (χ1v) is 16.0. The molecular formula is C34H24BrCl2N3O4S. The Morgan fingerprint density at radius 3 is 2.27 bits per heavy atom. The number of nitrogens with one attached hydrogen (secondary N) is 3. The molecule has 0 fully saturated rings. The first-order valence-electron chi connectivity index (χ1n) is 13.5. The van der Waals surface area contributed by atoms with Crippen LogP contribution in [-0.2, 0) is 9.59 Å². The fraction of sp³-hybridized carbons (Fsp3) is 0.0294. The van der Waals surface area contributed by atoms with Gasteiger partial charge < -0.3 is 20.4 Å². The van der Waals surface area contributed by atoms with Gasteiger partial charge in [-0.2, -0.15) is 0 Å². The summed E-state index contributed by atoms with van der Waals surface area (Å²) in [7, 11) is 0. The van der Waals surface area contributed by atoms with Gasteiger partial charge in [-0.05, 0) is 78.9 Å². The van der Waals surface area contributed by atoms with Gasteiger partial charge in [0.2, 0.25) is 5.91 Å². The number of amides is 3. The lowest BCUT2D eigenvalue weighted by atomic mass is 10.2. The average Bonchev–Trinajstić information content (AvgIpc) is 3.51. The molecule has 1 heterocycles. The molecule has 226 valence electrons. The maximum Gasteiger partial charge on any atom is 0.272 e. The van der Waals surface area contributed by atoms with Gasteiger partial charge >= 0.3 is 0 Å². The van der Waals surface area contributed by atoms with Crippen LogP contribution in [0.5, 0.6) is 0 Å². The number of carbonyl (C=O) groups excluding carboxylic acids is 3. The van der Waals surface area contributed by atoms with Crippen molar-refractivity contribution >= 4 is 86.1 Å². The molecule has 0 bridgehead atoms. The van der Waals surface area contributed by atoms with E-state index in [4.69, 9.17) is 27.6 Å². The SMILES string of the molecule is O=C(CSc1ccc(NC(=O)C(=Cc2ccc(-c3ccc(Br)cc3)o2)NC(=O)c2ccccc2)cc1)Nc1ccc(Cl)cc1Cl. The second kappa shape index (κ2) is 15.1. The van der Waals surface area contributed by atoms with Gasteiger partial charge in [0.05, 0.1) is 16.5 Å². The zero-order valence-electron chi connectivity index (χ0n) is 23.4. The van der Waals surface area contributed by atoms with Crippen molar-refractivity contribution in [1.29, 1.82) is 0 Å². The number of anilines is 2. The van der Waals surface area contributed by atoms with Gasteiger partial charge in [0.25, 0.3) is 11.8 Å². The number of hydrogen-bond acceptors (Lipinski definition) is 5. The van der Waals surface area contributed by atoms with Gasteiger partial charge in [-0.3, -0.25) is 14.4 Å². The van der Waals surface area contributed by atoms with E-state index in [9.17, 15) is 14.4 Å². The molecular weight excluding hydrogens is 697 g/mol. The van der Waals surface area contributed by atoms with Crippen LogP contribution < -0.4 is 16.0 Å². The summed E-state index contributed by atoms with van der Waals surface area (Å²) in [5, 5.41) is 9.12. The Bertz CT molecular complexity index is 1860. The van der Waals surface area contributed by atoms with Crippen LogP contribution >= 0.6 is 50.9 Å². The van der Waals surface area contributed by atoms with Crippen LogP contribution in [0.3, 0.4) is 0 Å². The van der Waals surface area contributed by atoms with Crippen LogP contribution in [0.4, 0.5) is 11.4 Å². The van der Waals surface area contributed by atoms with Crippen LogP contribution in [-0.4, -0.2) is 23.5 Å². The van der Waals surface area contributed by atoms with E-state index in [1.807, 2.05) is 24.3 Å². The Labute approximate surface area is 282 Å². The summed E-state index contributed by atoms with van der Waals surface area (Å²) < 4.78 is 6.91. The first kappa shape index (κ1) is 32.1. The molecule has 3 N–H and O–H groups in total.